The zero-order valence-electron chi connectivity index (χ0n) is 8.84. The first-order chi connectivity index (χ1) is 6.08. The van der Waals surface area contributed by atoms with E-state index >= 15 is 0 Å². The molecule has 0 amide bonds. The quantitative estimate of drug-likeness (QED) is 0.648. The smallest absolute Gasteiger partial charge is 0.0409 e. The number of terminal acetylenes is 1. The second kappa shape index (κ2) is 4.15. The Hall–Kier alpha value is -0.480. The van der Waals surface area contributed by atoms with Crippen molar-refractivity contribution in [2.75, 3.05) is 0 Å². The first-order valence-electron chi connectivity index (χ1n) is 5.31. The van der Waals surface area contributed by atoms with Crippen LogP contribution in [0.3, 0.4) is 0 Å². The molecule has 1 heteroatoms. The summed E-state index contributed by atoms with van der Waals surface area (Å²) in [5.74, 6) is 3.47. The maximum absolute atomic E-state index is 6.19. The lowest BCUT2D eigenvalue weighted by Gasteiger charge is -2.35. The number of hydrogen-bond donors (Lipinski definition) is 1. The summed E-state index contributed by atoms with van der Waals surface area (Å²) >= 11 is 0. The number of hydrogen-bond acceptors (Lipinski definition) is 1. The summed E-state index contributed by atoms with van der Waals surface area (Å²) < 4.78 is 0. The van der Waals surface area contributed by atoms with Gasteiger partial charge in [0.25, 0.3) is 0 Å². The van der Waals surface area contributed by atoms with Crippen LogP contribution in [0.25, 0.3) is 0 Å². The maximum atomic E-state index is 6.19. The maximum Gasteiger partial charge on any atom is 0.0409 e. The average Bonchev–Trinajstić information content (AvgIpc) is 2.18. The van der Waals surface area contributed by atoms with E-state index in [2.05, 4.69) is 19.8 Å². The standard InChI is InChI=1S/C12H21N/c1-4-12(2,3)11(13)10-8-6-5-7-9-10/h1,10-11H,5-9,13H2,2-3H3/t11-/m1/s1. The van der Waals surface area contributed by atoms with Gasteiger partial charge in [-0.15, -0.1) is 6.42 Å². The molecule has 1 atom stereocenters. The molecule has 1 nitrogen and oxygen atoms in total. The summed E-state index contributed by atoms with van der Waals surface area (Å²) in [6, 6.07) is 0.179. The SMILES string of the molecule is C#CC(C)(C)[C@H](N)C1CCCCC1. The Kier molecular flexibility index (Phi) is 3.39. The molecule has 1 fully saturated rings. The Morgan fingerprint density at radius 2 is 1.85 bits per heavy atom. The summed E-state index contributed by atoms with van der Waals surface area (Å²) in [4.78, 5) is 0. The van der Waals surface area contributed by atoms with Crippen LogP contribution < -0.4 is 5.73 Å². The van der Waals surface area contributed by atoms with Gasteiger partial charge in [-0.2, -0.15) is 0 Å². The number of nitrogens with two attached hydrogens (primary N) is 1. The Morgan fingerprint density at radius 3 is 2.31 bits per heavy atom. The highest BCUT2D eigenvalue weighted by Crippen LogP contribution is 2.33. The van der Waals surface area contributed by atoms with E-state index in [1.54, 1.807) is 0 Å². The summed E-state index contributed by atoms with van der Waals surface area (Å²) in [5.41, 5.74) is 6.06. The van der Waals surface area contributed by atoms with Crippen LogP contribution in [0.15, 0.2) is 0 Å². The zero-order valence-corrected chi connectivity index (χ0v) is 8.84. The van der Waals surface area contributed by atoms with Crippen molar-refractivity contribution < 1.29 is 0 Å². The van der Waals surface area contributed by atoms with Gasteiger partial charge < -0.3 is 5.73 Å². The Morgan fingerprint density at radius 1 is 1.31 bits per heavy atom. The minimum absolute atomic E-state index is 0.137. The van der Waals surface area contributed by atoms with Crippen LogP contribution in [0.5, 0.6) is 0 Å². The average molecular weight is 179 g/mol. The van der Waals surface area contributed by atoms with Crippen LogP contribution >= 0.6 is 0 Å². The molecular formula is C12H21N. The fourth-order valence-corrected chi connectivity index (χ4v) is 2.18. The third kappa shape index (κ3) is 2.48. The van der Waals surface area contributed by atoms with Gasteiger partial charge in [-0.1, -0.05) is 25.2 Å². The number of rotatable bonds is 2. The molecule has 0 spiro atoms. The van der Waals surface area contributed by atoms with Gasteiger partial charge in [0, 0.05) is 11.5 Å². The van der Waals surface area contributed by atoms with Gasteiger partial charge in [0.15, 0.2) is 0 Å². The van der Waals surface area contributed by atoms with Gasteiger partial charge in [0.2, 0.25) is 0 Å². The molecule has 0 aromatic heterocycles. The molecule has 0 bridgehead atoms. The summed E-state index contributed by atoms with van der Waals surface area (Å²) in [6.45, 7) is 4.15. The highest BCUT2D eigenvalue weighted by molar-refractivity contribution is 5.07. The van der Waals surface area contributed by atoms with E-state index in [9.17, 15) is 0 Å². The molecule has 13 heavy (non-hydrogen) atoms. The zero-order chi connectivity index (χ0) is 9.90. The normalized spacial score (nSPS) is 22.3. The van der Waals surface area contributed by atoms with Crippen molar-refractivity contribution in [1.82, 2.24) is 0 Å². The van der Waals surface area contributed by atoms with E-state index in [-0.39, 0.29) is 11.5 Å². The summed E-state index contributed by atoms with van der Waals surface area (Å²) in [5, 5.41) is 0. The van der Waals surface area contributed by atoms with Crippen LogP contribution in [0.4, 0.5) is 0 Å². The molecule has 0 heterocycles. The fraction of sp³-hybridized carbons (Fsp3) is 0.833. The van der Waals surface area contributed by atoms with E-state index in [0.717, 1.165) is 0 Å². The van der Waals surface area contributed by atoms with Crippen molar-refractivity contribution in [2.24, 2.45) is 17.1 Å². The second-order valence-corrected chi connectivity index (χ2v) is 4.79. The van der Waals surface area contributed by atoms with Gasteiger partial charge in [0.05, 0.1) is 0 Å². The molecule has 1 saturated carbocycles. The molecule has 0 aromatic carbocycles. The highest BCUT2D eigenvalue weighted by Gasteiger charge is 2.31. The van der Waals surface area contributed by atoms with Gasteiger partial charge in [-0.05, 0) is 32.6 Å². The molecule has 0 aliphatic heterocycles. The Bertz CT molecular complexity index is 194. The first-order valence-corrected chi connectivity index (χ1v) is 5.31. The lowest BCUT2D eigenvalue weighted by atomic mass is 9.73. The van der Waals surface area contributed by atoms with Crippen molar-refractivity contribution in [3.63, 3.8) is 0 Å². The third-order valence-corrected chi connectivity index (χ3v) is 3.36. The van der Waals surface area contributed by atoms with Crippen molar-refractivity contribution in [1.29, 1.82) is 0 Å². The Labute approximate surface area is 82.1 Å². The van der Waals surface area contributed by atoms with Gasteiger partial charge >= 0.3 is 0 Å². The monoisotopic (exact) mass is 179 g/mol. The van der Waals surface area contributed by atoms with Crippen molar-refractivity contribution in [3.05, 3.63) is 0 Å². The van der Waals surface area contributed by atoms with Gasteiger partial charge in [-0.25, -0.2) is 0 Å². The molecule has 0 unspecified atom stereocenters. The van der Waals surface area contributed by atoms with Crippen LogP contribution in [-0.4, -0.2) is 6.04 Å². The van der Waals surface area contributed by atoms with Crippen LogP contribution in [0.2, 0.25) is 0 Å². The molecule has 1 aliphatic carbocycles. The van der Waals surface area contributed by atoms with Crippen LogP contribution in [-0.2, 0) is 0 Å². The first kappa shape index (κ1) is 10.6. The summed E-state index contributed by atoms with van der Waals surface area (Å²) in [7, 11) is 0. The van der Waals surface area contributed by atoms with E-state index in [1.165, 1.54) is 32.1 Å². The molecule has 1 rings (SSSR count). The predicted octanol–water partition coefficient (Wildman–Crippen LogP) is 2.55. The van der Waals surface area contributed by atoms with Crippen LogP contribution in [0.1, 0.15) is 46.0 Å². The largest absolute Gasteiger partial charge is 0.326 e. The van der Waals surface area contributed by atoms with E-state index in [4.69, 9.17) is 12.2 Å². The lowest BCUT2D eigenvalue weighted by Crippen LogP contribution is -2.43. The summed E-state index contributed by atoms with van der Waals surface area (Å²) in [6.07, 6.45) is 12.1. The van der Waals surface area contributed by atoms with Crippen molar-refractivity contribution >= 4 is 0 Å². The van der Waals surface area contributed by atoms with E-state index in [0.29, 0.717) is 5.92 Å². The molecule has 74 valence electrons. The molecular weight excluding hydrogens is 158 g/mol. The minimum Gasteiger partial charge on any atom is -0.326 e. The van der Waals surface area contributed by atoms with E-state index in [1.807, 2.05) is 0 Å². The van der Waals surface area contributed by atoms with Gasteiger partial charge in [0.1, 0.15) is 0 Å². The molecule has 0 aromatic rings. The molecule has 2 N–H and O–H groups in total. The Balaban J connectivity index is 2.55. The third-order valence-electron chi connectivity index (χ3n) is 3.36. The molecule has 1 aliphatic rings. The fourth-order valence-electron chi connectivity index (χ4n) is 2.18. The molecule has 0 saturated heterocycles. The predicted molar refractivity (Wildman–Crippen MR) is 57.2 cm³/mol. The van der Waals surface area contributed by atoms with Crippen molar-refractivity contribution in [3.8, 4) is 12.3 Å². The molecule has 0 radical (unpaired) electrons. The second-order valence-electron chi connectivity index (χ2n) is 4.79. The van der Waals surface area contributed by atoms with Crippen molar-refractivity contribution in [2.45, 2.75) is 52.0 Å². The lowest BCUT2D eigenvalue weighted by molar-refractivity contribution is 0.224. The van der Waals surface area contributed by atoms with Gasteiger partial charge in [-0.3, -0.25) is 0 Å². The minimum atomic E-state index is -0.137. The van der Waals surface area contributed by atoms with Crippen LogP contribution in [0, 0.1) is 23.7 Å². The highest BCUT2D eigenvalue weighted by atomic mass is 14.7. The van der Waals surface area contributed by atoms with E-state index < -0.39 is 0 Å². The topological polar surface area (TPSA) is 26.0 Å².